The van der Waals surface area contributed by atoms with Crippen LogP contribution in [0.2, 0.25) is 0 Å². The van der Waals surface area contributed by atoms with Gasteiger partial charge in [0.1, 0.15) is 23.9 Å². The van der Waals surface area contributed by atoms with Gasteiger partial charge in [-0.25, -0.2) is 23.4 Å². The Morgan fingerprint density at radius 3 is 2.42 bits per heavy atom. The van der Waals surface area contributed by atoms with Crippen molar-refractivity contribution in [3.05, 3.63) is 84.8 Å². The Kier molecular flexibility index (Phi) is 10.4. The Morgan fingerprint density at radius 1 is 1.00 bits per heavy atom. The molecular weight excluding hydrogens is 655 g/mol. The van der Waals surface area contributed by atoms with Crippen LogP contribution < -0.4 is 9.80 Å². The number of carbonyl (C=O) groups excluding carboxylic acids is 2. The Bertz CT molecular complexity index is 1850. The first-order valence-corrected chi connectivity index (χ1v) is 16.2. The summed E-state index contributed by atoms with van der Waals surface area (Å²) in [4.78, 5) is 46.0. The van der Waals surface area contributed by atoms with Crippen LogP contribution in [0.1, 0.15) is 12.5 Å². The number of hydrogen-bond acceptors (Lipinski definition) is 11. The van der Waals surface area contributed by atoms with Crippen LogP contribution in [0.4, 0.5) is 24.7 Å². The molecule has 4 aromatic rings. The first-order chi connectivity index (χ1) is 22.9. The number of piperazine rings is 1. The van der Waals surface area contributed by atoms with Gasteiger partial charge in [-0.2, -0.15) is 9.14 Å². The molecule has 1 amide bonds. The zero-order valence-corrected chi connectivity index (χ0v) is 26.8. The van der Waals surface area contributed by atoms with Crippen LogP contribution in [-0.4, -0.2) is 96.9 Å². The highest BCUT2D eigenvalue weighted by Gasteiger charge is 2.45. The molecule has 0 saturated carbocycles. The molecule has 0 bridgehead atoms. The summed E-state index contributed by atoms with van der Waals surface area (Å²) in [5, 5.41) is 0.136. The summed E-state index contributed by atoms with van der Waals surface area (Å²) >= 11 is 0. The number of rotatable bonds is 11. The first kappa shape index (κ1) is 34.5. The highest BCUT2D eigenvalue weighted by molar-refractivity contribution is 7.89. The van der Waals surface area contributed by atoms with Crippen molar-refractivity contribution in [1.82, 2.24) is 24.3 Å². The molecule has 254 valence electrons. The lowest BCUT2D eigenvalue weighted by molar-refractivity contribution is -0.405. The van der Waals surface area contributed by atoms with E-state index < -0.39 is 40.8 Å². The van der Waals surface area contributed by atoms with Crippen molar-refractivity contribution in [2.75, 3.05) is 49.6 Å². The van der Waals surface area contributed by atoms with Crippen LogP contribution >= 0.6 is 0 Å². The Morgan fingerprint density at radius 2 is 1.73 bits per heavy atom. The maximum atomic E-state index is 14.1. The molecule has 0 spiro atoms. The summed E-state index contributed by atoms with van der Waals surface area (Å²) < 4.78 is 74.9. The standard InChI is InChI=1S/C31H32F3N7O6S/c1-3-46-29(42)21-38(2)23-9-11-24(12-10-23)48(44,45)41-16-15-39(28-18-36-26-17-35-14-13-25(26)37-28)20-27(41)30(43)40(47-31(32,33)34)19-22-7-5-4-6-8-22/h4-14,17-18,27H,3,15-16,19-21H2,1-2H3. The monoisotopic (exact) mass is 687 g/mol. The molecule has 1 aliphatic rings. The molecule has 0 radical (unpaired) electrons. The highest BCUT2D eigenvalue weighted by atomic mass is 32.2. The summed E-state index contributed by atoms with van der Waals surface area (Å²) in [6.07, 6.45) is -0.785. The van der Waals surface area contributed by atoms with Gasteiger partial charge in [0.2, 0.25) is 10.0 Å². The summed E-state index contributed by atoms with van der Waals surface area (Å²) in [7, 11) is -2.83. The SMILES string of the molecule is CCOC(=O)CN(C)c1ccc(S(=O)(=O)N2CCN(c3cnc4cnccc4n3)CC2C(=O)N(Cc2ccccc2)OC(F)(F)F)cc1. The number of amides is 1. The molecule has 48 heavy (non-hydrogen) atoms. The summed E-state index contributed by atoms with van der Waals surface area (Å²) in [5.74, 6) is -1.40. The number of aromatic nitrogens is 3. The Labute approximate surface area is 274 Å². The van der Waals surface area contributed by atoms with Gasteiger partial charge in [-0.3, -0.25) is 14.6 Å². The van der Waals surface area contributed by atoms with Crippen LogP contribution in [0, 0.1) is 0 Å². The fourth-order valence-corrected chi connectivity index (χ4v) is 6.73. The summed E-state index contributed by atoms with van der Waals surface area (Å²) in [5.41, 5.74) is 1.82. The molecule has 3 heterocycles. The second-order valence-corrected chi connectivity index (χ2v) is 12.6. The second-order valence-electron chi connectivity index (χ2n) is 10.7. The molecule has 13 nitrogen and oxygen atoms in total. The number of alkyl halides is 3. The fraction of sp³-hybridized carbons (Fsp3) is 0.323. The molecule has 1 aliphatic heterocycles. The number of nitrogens with zero attached hydrogens (tertiary/aromatic N) is 7. The van der Waals surface area contributed by atoms with Crippen LogP contribution in [0.5, 0.6) is 0 Å². The van der Waals surface area contributed by atoms with Crippen LogP contribution in [-0.2, 0) is 35.7 Å². The molecule has 1 fully saturated rings. The fourth-order valence-electron chi connectivity index (χ4n) is 5.16. The van der Waals surface area contributed by atoms with Crippen molar-refractivity contribution >= 4 is 44.4 Å². The average molecular weight is 688 g/mol. The van der Waals surface area contributed by atoms with Gasteiger partial charge in [0.05, 0.1) is 36.0 Å². The number of hydrogen-bond donors (Lipinski definition) is 0. The van der Waals surface area contributed by atoms with E-state index in [9.17, 15) is 31.2 Å². The van der Waals surface area contributed by atoms with Crippen molar-refractivity contribution < 1.29 is 40.8 Å². The van der Waals surface area contributed by atoms with E-state index >= 15 is 0 Å². The Hall–Kier alpha value is -4.87. The highest BCUT2D eigenvalue weighted by Crippen LogP contribution is 2.29. The number of likely N-dealkylation sites (N-methyl/N-ethyl adjacent to an activating group) is 1. The predicted molar refractivity (Wildman–Crippen MR) is 168 cm³/mol. The molecular formula is C31H32F3N7O6S. The number of carbonyl (C=O) groups is 2. The number of hydroxylamine groups is 2. The first-order valence-electron chi connectivity index (χ1n) is 14.8. The van der Waals surface area contributed by atoms with Gasteiger partial charge in [-0.1, -0.05) is 30.3 Å². The smallest absolute Gasteiger partial charge is 0.465 e. The van der Waals surface area contributed by atoms with E-state index in [1.807, 2.05) is 0 Å². The minimum absolute atomic E-state index is 0.0491. The number of halogens is 3. The van der Waals surface area contributed by atoms with E-state index in [0.717, 1.165) is 4.31 Å². The molecule has 5 rings (SSSR count). The van der Waals surface area contributed by atoms with E-state index in [2.05, 4.69) is 19.8 Å². The summed E-state index contributed by atoms with van der Waals surface area (Å²) in [6.45, 7) is 0.627. The lowest BCUT2D eigenvalue weighted by atomic mass is 10.1. The largest absolute Gasteiger partial charge is 0.544 e. The van der Waals surface area contributed by atoms with Gasteiger partial charge in [-0.15, -0.1) is 13.2 Å². The molecule has 1 atom stereocenters. The minimum Gasteiger partial charge on any atom is -0.465 e. The van der Waals surface area contributed by atoms with Gasteiger partial charge in [0, 0.05) is 38.6 Å². The maximum absolute atomic E-state index is 14.1. The quantitative estimate of drug-likeness (QED) is 0.170. The van der Waals surface area contributed by atoms with E-state index in [1.54, 1.807) is 48.0 Å². The van der Waals surface area contributed by atoms with E-state index in [1.165, 1.54) is 55.0 Å². The van der Waals surface area contributed by atoms with Crippen molar-refractivity contribution in [2.24, 2.45) is 0 Å². The number of ether oxygens (including phenoxy) is 1. The number of pyridine rings is 1. The zero-order valence-electron chi connectivity index (χ0n) is 25.9. The number of anilines is 2. The van der Waals surface area contributed by atoms with E-state index in [-0.39, 0.29) is 42.7 Å². The molecule has 0 aliphatic carbocycles. The molecule has 2 aromatic heterocycles. The molecule has 0 N–H and O–H groups in total. The molecule has 1 unspecified atom stereocenters. The van der Waals surface area contributed by atoms with Gasteiger partial charge in [0.25, 0.3) is 5.91 Å². The number of sulfonamides is 1. The van der Waals surface area contributed by atoms with E-state index in [0.29, 0.717) is 28.1 Å². The average Bonchev–Trinajstić information content (AvgIpc) is 3.07. The van der Waals surface area contributed by atoms with Gasteiger partial charge >= 0.3 is 12.3 Å². The third-order valence-electron chi connectivity index (χ3n) is 7.46. The van der Waals surface area contributed by atoms with Crippen molar-refractivity contribution in [2.45, 2.75) is 30.8 Å². The molecule has 2 aromatic carbocycles. The third kappa shape index (κ3) is 8.15. The number of fused-ring (bicyclic) bond motifs is 1. The Balaban J connectivity index is 1.48. The third-order valence-corrected chi connectivity index (χ3v) is 9.38. The maximum Gasteiger partial charge on any atom is 0.544 e. The van der Waals surface area contributed by atoms with E-state index in [4.69, 9.17) is 4.74 Å². The normalized spacial score (nSPS) is 15.7. The lowest BCUT2D eigenvalue weighted by Crippen LogP contribution is -2.61. The topological polar surface area (TPSA) is 138 Å². The van der Waals surface area contributed by atoms with Gasteiger partial charge in [-0.05, 0) is 42.8 Å². The second kappa shape index (κ2) is 14.5. The molecule has 17 heteroatoms. The lowest BCUT2D eigenvalue weighted by Gasteiger charge is -2.41. The van der Waals surface area contributed by atoms with Crippen molar-refractivity contribution in [3.63, 3.8) is 0 Å². The van der Waals surface area contributed by atoms with Gasteiger partial charge in [0.15, 0.2) is 0 Å². The van der Waals surface area contributed by atoms with Crippen LogP contribution in [0.3, 0.4) is 0 Å². The van der Waals surface area contributed by atoms with Gasteiger partial charge < -0.3 is 14.5 Å². The summed E-state index contributed by atoms with van der Waals surface area (Å²) in [6, 6.07) is 13.4. The number of benzene rings is 2. The van der Waals surface area contributed by atoms with Crippen molar-refractivity contribution in [3.8, 4) is 0 Å². The van der Waals surface area contributed by atoms with Crippen LogP contribution in [0.25, 0.3) is 11.0 Å². The minimum atomic E-state index is -5.24. The molecule has 1 saturated heterocycles. The van der Waals surface area contributed by atoms with Crippen LogP contribution in [0.15, 0.2) is 84.1 Å². The predicted octanol–water partition coefficient (Wildman–Crippen LogP) is 3.38. The van der Waals surface area contributed by atoms with Crippen molar-refractivity contribution in [1.29, 1.82) is 0 Å². The number of esters is 1. The zero-order chi connectivity index (χ0) is 34.5.